The van der Waals surface area contributed by atoms with Crippen molar-refractivity contribution in [3.63, 3.8) is 0 Å². The number of hydrogen-bond acceptors (Lipinski definition) is 3. The van der Waals surface area contributed by atoms with Crippen molar-refractivity contribution in [2.75, 3.05) is 24.7 Å². The molecule has 1 aromatic carbocycles. The van der Waals surface area contributed by atoms with Crippen LogP contribution in [0, 0.1) is 11.7 Å². The zero-order chi connectivity index (χ0) is 15.0. The van der Waals surface area contributed by atoms with Gasteiger partial charge in [-0.05, 0) is 12.3 Å². The van der Waals surface area contributed by atoms with Crippen LogP contribution in [0.25, 0.3) is 0 Å². The van der Waals surface area contributed by atoms with E-state index in [1.54, 1.807) is 6.07 Å². The Morgan fingerprint density at radius 3 is 2.55 bits per heavy atom. The predicted molar refractivity (Wildman–Crippen MR) is 83.8 cm³/mol. The van der Waals surface area contributed by atoms with Crippen LogP contribution in [0.15, 0.2) is 12.1 Å². The van der Waals surface area contributed by atoms with Crippen LogP contribution < -0.4 is 15.8 Å². The van der Waals surface area contributed by atoms with Gasteiger partial charge in [-0.1, -0.05) is 39.5 Å². The maximum Gasteiger partial charge on any atom is 0.148 e. The third-order valence-corrected chi connectivity index (χ3v) is 3.34. The van der Waals surface area contributed by atoms with Crippen molar-refractivity contribution in [2.24, 2.45) is 5.92 Å². The minimum atomic E-state index is -0.330. The minimum absolute atomic E-state index is 0.323. The highest BCUT2D eigenvalue weighted by Gasteiger charge is 2.07. The highest BCUT2D eigenvalue weighted by Crippen LogP contribution is 2.28. The summed E-state index contributed by atoms with van der Waals surface area (Å²) < 4.78 is 18.8. The van der Waals surface area contributed by atoms with E-state index >= 15 is 0 Å². The molecular weight excluding hydrogens is 255 g/mol. The fourth-order valence-electron chi connectivity index (χ4n) is 2.14. The summed E-state index contributed by atoms with van der Waals surface area (Å²) in [5, 5.41) is 3.10. The number of hydrogen-bond donors (Lipinski definition) is 2. The number of ether oxygens (including phenoxy) is 1. The van der Waals surface area contributed by atoms with E-state index in [4.69, 9.17) is 10.5 Å². The molecule has 0 unspecified atom stereocenters. The van der Waals surface area contributed by atoms with Crippen LogP contribution in [0.1, 0.15) is 46.0 Å². The molecule has 0 amide bonds. The Bertz CT molecular complexity index is 408. The summed E-state index contributed by atoms with van der Waals surface area (Å²) in [6.45, 7) is 5.27. The Morgan fingerprint density at radius 1 is 1.20 bits per heavy atom. The molecule has 0 saturated heterocycles. The van der Waals surface area contributed by atoms with E-state index in [0.29, 0.717) is 17.1 Å². The first kappa shape index (κ1) is 16.6. The molecule has 0 bridgehead atoms. The molecule has 1 rings (SSSR count). The maximum absolute atomic E-state index is 13.7. The topological polar surface area (TPSA) is 47.3 Å². The number of halogens is 1. The lowest BCUT2D eigenvalue weighted by Gasteiger charge is -2.11. The second-order valence-corrected chi connectivity index (χ2v) is 5.60. The summed E-state index contributed by atoms with van der Waals surface area (Å²) in [5.74, 6) is 0.957. The molecule has 0 saturated carbocycles. The fourth-order valence-corrected chi connectivity index (χ4v) is 2.14. The second-order valence-electron chi connectivity index (χ2n) is 5.60. The average Bonchev–Trinajstić information content (AvgIpc) is 2.39. The van der Waals surface area contributed by atoms with E-state index in [1.807, 2.05) is 0 Å². The molecule has 0 aliphatic rings. The molecule has 3 nitrogen and oxygen atoms in total. The Hall–Kier alpha value is -1.45. The number of unbranched alkanes of at least 4 members (excludes halogenated alkanes) is 3. The van der Waals surface area contributed by atoms with Gasteiger partial charge >= 0.3 is 0 Å². The molecule has 20 heavy (non-hydrogen) atoms. The van der Waals surface area contributed by atoms with Crippen LogP contribution in [-0.2, 0) is 0 Å². The first-order valence-electron chi connectivity index (χ1n) is 7.41. The number of anilines is 2. The van der Waals surface area contributed by atoms with Crippen LogP contribution >= 0.6 is 0 Å². The SMILES string of the molecule is COc1cc(NCCCCCCC(C)C)c(F)cc1N. The molecule has 0 aliphatic carbocycles. The third-order valence-electron chi connectivity index (χ3n) is 3.34. The maximum atomic E-state index is 13.7. The van der Waals surface area contributed by atoms with Gasteiger partial charge < -0.3 is 15.8 Å². The Labute approximate surface area is 121 Å². The number of rotatable bonds is 9. The van der Waals surface area contributed by atoms with Crippen molar-refractivity contribution in [1.29, 1.82) is 0 Å². The van der Waals surface area contributed by atoms with Crippen molar-refractivity contribution in [1.82, 2.24) is 0 Å². The molecule has 0 aliphatic heterocycles. The lowest BCUT2D eigenvalue weighted by Crippen LogP contribution is -2.05. The Morgan fingerprint density at radius 2 is 1.90 bits per heavy atom. The van der Waals surface area contributed by atoms with E-state index in [-0.39, 0.29) is 5.82 Å². The third kappa shape index (κ3) is 5.68. The van der Waals surface area contributed by atoms with Gasteiger partial charge in [0.1, 0.15) is 11.6 Å². The molecule has 4 heteroatoms. The summed E-state index contributed by atoms with van der Waals surface area (Å²) in [4.78, 5) is 0. The van der Waals surface area contributed by atoms with Gasteiger partial charge in [0, 0.05) is 18.7 Å². The number of nitrogens with two attached hydrogens (primary N) is 1. The van der Waals surface area contributed by atoms with E-state index in [2.05, 4.69) is 19.2 Å². The van der Waals surface area contributed by atoms with Gasteiger partial charge in [-0.2, -0.15) is 0 Å². The molecule has 0 atom stereocenters. The van der Waals surface area contributed by atoms with E-state index in [1.165, 1.54) is 38.9 Å². The van der Waals surface area contributed by atoms with Gasteiger partial charge in [-0.3, -0.25) is 0 Å². The monoisotopic (exact) mass is 282 g/mol. The first-order valence-corrected chi connectivity index (χ1v) is 7.41. The average molecular weight is 282 g/mol. The zero-order valence-electron chi connectivity index (χ0n) is 12.8. The van der Waals surface area contributed by atoms with Crippen molar-refractivity contribution in [2.45, 2.75) is 46.0 Å². The van der Waals surface area contributed by atoms with Crippen molar-refractivity contribution in [3.05, 3.63) is 17.9 Å². The van der Waals surface area contributed by atoms with Crippen molar-refractivity contribution < 1.29 is 9.13 Å². The van der Waals surface area contributed by atoms with Crippen LogP contribution in [-0.4, -0.2) is 13.7 Å². The second kappa shape index (κ2) is 8.67. The van der Waals surface area contributed by atoms with Crippen molar-refractivity contribution in [3.8, 4) is 5.75 Å². The number of nitrogens with one attached hydrogen (secondary N) is 1. The molecule has 114 valence electrons. The highest BCUT2D eigenvalue weighted by atomic mass is 19.1. The normalized spacial score (nSPS) is 10.8. The van der Waals surface area contributed by atoms with Crippen LogP contribution in [0.2, 0.25) is 0 Å². The molecule has 3 N–H and O–H groups in total. The quantitative estimate of drug-likeness (QED) is 0.520. The lowest BCUT2D eigenvalue weighted by molar-refractivity contribution is 0.416. The molecular formula is C16H27FN2O. The lowest BCUT2D eigenvalue weighted by atomic mass is 10.0. The predicted octanol–water partition coefficient (Wildman–Crippen LogP) is 4.43. The minimum Gasteiger partial charge on any atom is -0.495 e. The molecule has 0 spiro atoms. The number of benzene rings is 1. The van der Waals surface area contributed by atoms with E-state index in [0.717, 1.165) is 18.9 Å². The van der Waals surface area contributed by atoms with Gasteiger partial charge in [-0.25, -0.2) is 4.39 Å². The zero-order valence-corrected chi connectivity index (χ0v) is 12.8. The van der Waals surface area contributed by atoms with Crippen LogP contribution in [0.4, 0.5) is 15.8 Å². The van der Waals surface area contributed by atoms with Gasteiger partial charge in [0.2, 0.25) is 0 Å². The highest BCUT2D eigenvalue weighted by molar-refractivity contribution is 5.62. The standard InChI is InChI=1S/C16H27FN2O/c1-12(2)8-6-4-5-7-9-19-15-11-16(20-3)14(18)10-13(15)17/h10-12,19H,4-9,18H2,1-3H3. The fraction of sp³-hybridized carbons (Fsp3) is 0.625. The summed E-state index contributed by atoms with van der Waals surface area (Å²) in [6, 6.07) is 2.91. The molecule has 1 aromatic rings. The van der Waals surface area contributed by atoms with Gasteiger partial charge in [0.25, 0.3) is 0 Å². The van der Waals surface area contributed by atoms with Gasteiger partial charge in [0.05, 0.1) is 18.5 Å². The Balaban J connectivity index is 2.28. The van der Waals surface area contributed by atoms with Gasteiger partial charge in [-0.15, -0.1) is 0 Å². The first-order chi connectivity index (χ1) is 9.54. The van der Waals surface area contributed by atoms with E-state index < -0.39 is 0 Å². The van der Waals surface area contributed by atoms with Crippen molar-refractivity contribution >= 4 is 11.4 Å². The molecule has 0 radical (unpaired) electrons. The van der Waals surface area contributed by atoms with Crippen LogP contribution in [0.5, 0.6) is 5.75 Å². The Kier molecular flexibility index (Phi) is 7.20. The van der Waals surface area contributed by atoms with Crippen LogP contribution in [0.3, 0.4) is 0 Å². The van der Waals surface area contributed by atoms with Gasteiger partial charge in [0.15, 0.2) is 0 Å². The smallest absolute Gasteiger partial charge is 0.148 e. The number of methoxy groups -OCH3 is 1. The summed E-state index contributed by atoms with van der Waals surface area (Å²) in [5.41, 5.74) is 6.42. The van der Waals surface area contributed by atoms with E-state index in [9.17, 15) is 4.39 Å². The molecule has 0 aromatic heterocycles. The number of nitrogen functional groups attached to an aromatic ring is 1. The molecule has 0 heterocycles. The molecule has 0 fully saturated rings. The summed E-state index contributed by atoms with van der Waals surface area (Å²) in [7, 11) is 1.53. The largest absolute Gasteiger partial charge is 0.495 e. The summed E-state index contributed by atoms with van der Waals surface area (Å²) in [6.07, 6.45) is 6.03. The summed E-state index contributed by atoms with van der Waals surface area (Å²) >= 11 is 0.